The molecule has 3 N–H and O–H groups in total. The standard InChI is InChI=1S/C12H22N4O/c1-16-10-9-14-11(16)6-8-15-12(17)5-3-2-4-7-13/h9-10H,2-8,13H2,1H3,(H,15,17). The van der Waals surface area contributed by atoms with Crippen LogP contribution in [-0.2, 0) is 18.3 Å². The van der Waals surface area contributed by atoms with Gasteiger partial charge < -0.3 is 15.6 Å². The molecule has 0 aliphatic carbocycles. The number of aromatic nitrogens is 2. The van der Waals surface area contributed by atoms with E-state index in [4.69, 9.17) is 5.73 Å². The fourth-order valence-electron chi connectivity index (χ4n) is 1.65. The largest absolute Gasteiger partial charge is 0.356 e. The van der Waals surface area contributed by atoms with Crippen molar-refractivity contribution < 1.29 is 4.79 Å². The van der Waals surface area contributed by atoms with Gasteiger partial charge in [0.15, 0.2) is 0 Å². The second-order valence-corrected chi connectivity index (χ2v) is 4.15. The van der Waals surface area contributed by atoms with Crippen LogP contribution in [0.4, 0.5) is 0 Å². The molecule has 0 aliphatic rings. The highest BCUT2D eigenvalue weighted by molar-refractivity contribution is 5.75. The van der Waals surface area contributed by atoms with Crippen LogP contribution in [0, 0.1) is 0 Å². The van der Waals surface area contributed by atoms with Gasteiger partial charge in [-0.25, -0.2) is 4.98 Å². The highest BCUT2D eigenvalue weighted by Crippen LogP contribution is 1.98. The fraction of sp³-hybridized carbons (Fsp3) is 0.667. The molecule has 0 fully saturated rings. The first-order chi connectivity index (χ1) is 8.24. The maximum atomic E-state index is 11.5. The third-order valence-corrected chi connectivity index (χ3v) is 2.70. The Labute approximate surface area is 102 Å². The molecule has 0 aromatic carbocycles. The molecule has 0 saturated carbocycles. The number of unbranched alkanes of at least 4 members (excludes halogenated alkanes) is 2. The number of rotatable bonds is 8. The number of amides is 1. The second kappa shape index (κ2) is 7.84. The predicted molar refractivity (Wildman–Crippen MR) is 67.4 cm³/mol. The molecule has 0 spiro atoms. The van der Waals surface area contributed by atoms with Gasteiger partial charge >= 0.3 is 0 Å². The number of carbonyl (C=O) groups is 1. The lowest BCUT2D eigenvalue weighted by Crippen LogP contribution is -2.26. The van der Waals surface area contributed by atoms with Crippen LogP contribution in [0.25, 0.3) is 0 Å². The highest BCUT2D eigenvalue weighted by Gasteiger charge is 2.02. The second-order valence-electron chi connectivity index (χ2n) is 4.15. The van der Waals surface area contributed by atoms with Gasteiger partial charge in [-0.15, -0.1) is 0 Å². The van der Waals surface area contributed by atoms with Crippen LogP contribution in [0.3, 0.4) is 0 Å². The summed E-state index contributed by atoms with van der Waals surface area (Å²) in [5.41, 5.74) is 5.38. The summed E-state index contributed by atoms with van der Waals surface area (Å²) in [4.78, 5) is 15.6. The third kappa shape index (κ3) is 5.49. The maximum Gasteiger partial charge on any atom is 0.220 e. The topological polar surface area (TPSA) is 72.9 Å². The molecule has 1 aromatic rings. The highest BCUT2D eigenvalue weighted by atomic mass is 16.1. The summed E-state index contributed by atoms with van der Waals surface area (Å²) in [7, 11) is 1.96. The number of nitrogens with two attached hydrogens (primary N) is 1. The van der Waals surface area contributed by atoms with Gasteiger partial charge in [-0.2, -0.15) is 0 Å². The Morgan fingerprint density at radius 3 is 2.94 bits per heavy atom. The Hall–Kier alpha value is -1.36. The zero-order valence-corrected chi connectivity index (χ0v) is 10.5. The summed E-state index contributed by atoms with van der Waals surface area (Å²) in [5.74, 6) is 1.12. The van der Waals surface area contributed by atoms with E-state index in [1.54, 1.807) is 6.20 Å². The van der Waals surface area contributed by atoms with Crippen LogP contribution in [0.5, 0.6) is 0 Å². The Kier molecular flexibility index (Phi) is 6.32. The molecule has 0 aliphatic heterocycles. The van der Waals surface area contributed by atoms with E-state index >= 15 is 0 Å². The minimum Gasteiger partial charge on any atom is -0.356 e. The molecule has 0 atom stereocenters. The van der Waals surface area contributed by atoms with E-state index in [0.717, 1.165) is 31.5 Å². The van der Waals surface area contributed by atoms with E-state index in [1.807, 2.05) is 17.8 Å². The smallest absolute Gasteiger partial charge is 0.220 e. The zero-order valence-electron chi connectivity index (χ0n) is 10.5. The van der Waals surface area contributed by atoms with Crippen molar-refractivity contribution in [3.05, 3.63) is 18.2 Å². The predicted octanol–water partition coefficient (Wildman–Crippen LogP) is 0.598. The zero-order chi connectivity index (χ0) is 12.5. The summed E-state index contributed by atoms with van der Waals surface area (Å²) in [5, 5.41) is 2.90. The first kappa shape index (κ1) is 13.7. The molecule has 1 rings (SSSR count). The number of hydrogen-bond acceptors (Lipinski definition) is 3. The first-order valence-electron chi connectivity index (χ1n) is 6.17. The number of nitrogens with zero attached hydrogens (tertiary/aromatic N) is 2. The van der Waals surface area contributed by atoms with Crippen molar-refractivity contribution >= 4 is 5.91 Å². The minimum atomic E-state index is 0.122. The first-order valence-corrected chi connectivity index (χ1v) is 6.17. The summed E-state index contributed by atoms with van der Waals surface area (Å²) < 4.78 is 1.97. The minimum absolute atomic E-state index is 0.122. The van der Waals surface area contributed by atoms with Crippen molar-refractivity contribution in [3.63, 3.8) is 0 Å². The lowest BCUT2D eigenvalue weighted by Gasteiger charge is -2.05. The summed E-state index contributed by atoms with van der Waals surface area (Å²) in [6.07, 6.45) is 8.00. The Bertz CT molecular complexity index is 335. The van der Waals surface area contributed by atoms with Crippen molar-refractivity contribution in [1.29, 1.82) is 0 Å². The lowest BCUT2D eigenvalue weighted by atomic mass is 10.2. The van der Waals surface area contributed by atoms with E-state index < -0.39 is 0 Å². The average Bonchev–Trinajstić information content (AvgIpc) is 2.71. The number of hydrogen-bond donors (Lipinski definition) is 2. The molecule has 0 unspecified atom stereocenters. The molecule has 1 amide bonds. The monoisotopic (exact) mass is 238 g/mol. The van der Waals surface area contributed by atoms with E-state index in [9.17, 15) is 4.79 Å². The van der Waals surface area contributed by atoms with Crippen molar-refractivity contribution in [2.75, 3.05) is 13.1 Å². The van der Waals surface area contributed by atoms with Gasteiger partial charge in [0.05, 0.1) is 0 Å². The van der Waals surface area contributed by atoms with Gasteiger partial charge in [0, 0.05) is 38.8 Å². The van der Waals surface area contributed by atoms with Gasteiger partial charge in [-0.1, -0.05) is 6.42 Å². The average molecular weight is 238 g/mol. The van der Waals surface area contributed by atoms with Crippen molar-refractivity contribution in [2.24, 2.45) is 12.8 Å². The van der Waals surface area contributed by atoms with Gasteiger partial charge in [-0.05, 0) is 19.4 Å². The molecule has 1 aromatic heterocycles. The van der Waals surface area contributed by atoms with Crippen molar-refractivity contribution in [1.82, 2.24) is 14.9 Å². The van der Waals surface area contributed by atoms with Crippen LogP contribution in [0.2, 0.25) is 0 Å². The molecule has 1 heterocycles. The Morgan fingerprint density at radius 2 is 2.29 bits per heavy atom. The summed E-state index contributed by atoms with van der Waals surface area (Å²) >= 11 is 0. The Balaban J connectivity index is 2.06. The normalized spacial score (nSPS) is 10.5. The van der Waals surface area contributed by atoms with Gasteiger partial charge in [0.2, 0.25) is 5.91 Å². The fourth-order valence-corrected chi connectivity index (χ4v) is 1.65. The van der Waals surface area contributed by atoms with Gasteiger partial charge in [0.25, 0.3) is 0 Å². The van der Waals surface area contributed by atoms with E-state index in [0.29, 0.717) is 19.5 Å². The van der Waals surface area contributed by atoms with Crippen LogP contribution in [0.1, 0.15) is 31.5 Å². The molecule has 0 bridgehead atoms. The number of imidazole rings is 1. The molecule has 0 radical (unpaired) electrons. The molecular formula is C12H22N4O. The molecule has 5 heteroatoms. The molecule has 96 valence electrons. The number of carbonyl (C=O) groups excluding carboxylic acids is 1. The molecular weight excluding hydrogens is 216 g/mol. The van der Waals surface area contributed by atoms with E-state index in [2.05, 4.69) is 10.3 Å². The van der Waals surface area contributed by atoms with E-state index in [1.165, 1.54) is 0 Å². The molecule has 5 nitrogen and oxygen atoms in total. The summed E-state index contributed by atoms with van der Waals surface area (Å²) in [6, 6.07) is 0. The Morgan fingerprint density at radius 1 is 1.47 bits per heavy atom. The number of nitrogens with one attached hydrogen (secondary N) is 1. The third-order valence-electron chi connectivity index (χ3n) is 2.70. The quantitative estimate of drug-likeness (QED) is 0.651. The van der Waals surface area contributed by atoms with Gasteiger partial charge in [-0.3, -0.25) is 4.79 Å². The molecule has 0 saturated heterocycles. The summed E-state index contributed by atoms with van der Waals surface area (Å²) in [6.45, 7) is 1.36. The van der Waals surface area contributed by atoms with Crippen LogP contribution >= 0.6 is 0 Å². The lowest BCUT2D eigenvalue weighted by molar-refractivity contribution is -0.121. The molecule has 17 heavy (non-hydrogen) atoms. The van der Waals surface area contributed by atoms with Crippen molar-refractivity contribution in [2.45, 2.75) is 32.1 Å². The van der Waals surface area contributed by atoms with Crippen molar-refractivity contribution in [3.8, 4) is 0 Å². The van der Waals surface area contributed by atoms with Crippen LogP contribution < -0.4 is 11.1 Å². The number of aryl methyl sites for hydroxylation is 1. The maximum absolute atomic E-state index is 11.5. The SMILES string of the molecule is Cn1ccnc1CCNC(=O)CCCCCN. The van der Waals surface area contributed by atoms with Crippen LogP contribution in [0.15, 0.2) is 12.4 Å². The van der Waals surface area contributed by atoms with E-state index in [-0.39, 0.29) is 5.91 Å². The van der Waals surface area contributed by atoms with Crippen LogP contribution in [-0.4, -0.2) is 28.5 Å². The van der Waals surface area contributed by atoms with Gasteiger partial charge in [0.1, 0.15) is 5.82 Å².